The molecule has 0 unspecified atom stereocenters. The van der Waals surface area contributed by atoms with Gasteiger partial charge in [0.2, 0.25) is 41.4 Å². The third-order valence-electron chi connectivity index (χ3n) is 21.2. The molecule has 0 aromatic heterocycles. The number of likely N-dealkylation sites (N-methyl/N-ethyl adjacent to an activating group) is 3. The molecule has 0 spiro atoms. The number of hydrogen-bond donors (Lipinski definition) is 10. The molecule has 1 saturated carbocycles. The van der Waals surface area contributed by atoms with Crippen LogP contribution in [-0.2, 0) is 70.4 Å². The Morgan fingerprint density at radius 2 is 1.36 bits per heavy atom. The van der Waals surface area contributed by atoms with E-state index in [1.165, 1.54) is 70.1 Å². The number of anilines is 1. The maximum absolute atomic E-state index is 15.2. The van der Waals surface area contributed by atoms with Crippen molar-refractivity contribution in [2.45, 2.75) is 232 Å². The van der Waals surface area contributed by atoms with Crippen molar-refractivity contribution in [3.63, 3.8) is 0 Å². The van der Waals surface area contributed by atoms with Crippen molar-refractivity contribution in [1.29, 1.82) is 0 Å². The number of methoxy groups -OCH3 is 2. The molecule has 2 saturated heterocycles. The van der Waals surface area contributed by atoms with E-state index in [2.05, 4.69) is 42.3 Å². The van der Waals surface area contributed by atoms with Crippen molar-refractivity contribution in [3.05, 3.63) is 77.9 Å². The number of primary amides is 1. The highest BCUT2D eigenvalue weighted by molar-refractivity contribution is 5.98. The fraction of sp³-hybridized carbons (Fsp3) is 0.692. The van der Waals surface area contributed by atoms with Crippen LogP contribution in [0.4, 0.5) is 15.3 Å². The second kappa shape index (κ2) is 45.9. The zero-order valence-corrected chi connectivity index (χ0v) is 66.2. The molecule has 2 aromatic rings. The number of benzene rings is 2. The van der Waals surface area contributed by atoms with Crippen LogP contribution in [0.3, 0.4) is 0 Å². The Balaban J connectivity index is 1.27. The summed E-state index contributed by atoms with van der Waals surface area (Å²) in [5.74, 6) is -5.19. The minimum absolute atomic E-state index is 0.0472. The van der Waals surface area contributed by atoms with E-state index in [0.29, 0.717) is 29.6 Å². The van der Waals surface area contributed by atoms with E-state index in [1.54, 1.807) is 48.6 Å². The van der Waals surface area contributed by atoms with Crippen molar-refractivity contribution in [3.8, 4) is 0 Å². The SMILES string of the molecule is CC[C@H](C)[C@@H]([C@@H](CC(=O)N1C[C@H](ONC(=O)OCc2ccc(NC(=O)[C@@H](CCCNC(N)=O)NC(=O)[C@H](NC(=O)CN(C)CC3CCN(C4CCCCCCC4)CC3)C(C)C)cc2)C[C@H]1[C@H](OC)[C@@H](C)C(=O)N[C@H](/C=C/C(=O)NO)Cc1ccccc1)OC)N(C)C(=O)[C@@H](NC(=O)[C@H](C(C)C)N(C)C)C(C)C. The average Bonchev–Trinajstić information content (AvgIpc) is 1.71. The van der Waals surface area contributed by atoms with Gasteiger partial charge in [0.05, 0.1) is 55.3 Å². The number of hydrogen-bond acceptors (Lipinski definition) is 18. The van der Waals surface area contributed by atoms with Gasteiger partial charge in [-0.25, -0.2) is 15.1 Å². The monoisotopic (exact) mass is 1500 g/mol. The molecule has 11 amide bonds. The molecule has 107 heavy (non-hydrogen) atoms. The third-order valence-corrected chi connectivity index (χ3v) is 21.2. The Hall–Kier alpha value is -7.80. The lowest BCUT2D eigenvalue weighted by atomic mass is 9.89. The van der Waals surface area contributed by atoms with Crippen molar-refractivity contribution < 1.29 is 72.2 Å². The lowest BCUT2D eigenvalue weighted by molar-refractivity contribution is -0.148. The van der Waals surface area contributed by atoms with Crippen LogP contribution in [0, 0.1) is 35.5 Å². The summed E-state index contributed by atoms with van der Waals surface area (Å²) < 4.78 is 17.9. The van der Waals surface area contributed by atoms with Crippen LogP contribution in [0.2, 0.25) is 0 Å². The topological polar surface area (TPSA) is 366 Å². The van der Waals surface area contributed by atoms with Gasteiger partial charge in [0, 0.05) is 65.1 Å². The number of likely N-dealkylation sites (tertiary alicyclic amines) is 2. The number of carbonyl (C=O) groups is 10. The molecule has 1 aliphatic carbocycles. The van der Waals surface area contributed by atoms with Gasteiger partial charge >= 0.3 is 12.1 Å². The Morgan fingerprint density at radius 1 is 0.720 bits per heavy atom. The van der Waals surface area contributed by atoms with Gasteiger partial charge in [0.1, 0.15) is 30.8 Å². The molecule has 2 aromatic carbocycles. The summed E-state index contributed by atoms with van der Waals surface area (Å²) in [6.07, 6.45) is 11.2. The normalized spacial score (nSPS) is 19.1. The number of nitrogens with zero attached hydrogens (tertiary/aromatic N) is 5. The second-order valence-corrected chi connectivity index (χ2v) is 30.7. The van der Waals surface area contributed by atoms with Crippen LogP contribution in [0.5, 0.6) is 0 Å². The Labute approximate surface area is 634 Å². The highest BCUT2D eigenvalue weighted by Gasteiger charge is 2.47. The van der Waals surface area contributed by atoms with Crippen LogP contribution < -0.4 is 48.6 Å². The van der Waals surface area contributed by atoms with E-state index >= 15 is 4.79 Å². The van der Waals surface area contributed by atoms with E-state index < -0.39 is 108 Å². The van der Waals surface area contributed by atoms with Gasteiger partial charge in [-0.3, -0.25) is 58.2 Å². The summed E-state index contributed by atoms with van der Waals surface area (Å²) in [4.78, 5) is 153. The molecule has 600 valence electrons. The summed E-state index contributed by atoms with van der Waals surface area (Å²) in [6, 6.07) is 9.89. The number of rotatable bonds is 41. The molecule has 12 atom stereocenters. The summed E-state index contributed by atoms with van der Waals surface area (Å²) in [6.45, 7) is 19.6. The predicted molar refractivity (Wildman–Crippen MR) is 408 cm³/mol. The molecule has 2 aliphatic heterocycles. The van der Waals surface area contributed by atoms with Crippen LogP contribution in [0.15, 0.2) is 66.7 Å². The fourth-order valence-electron chi connectivity index (χ4n) is 15.1. The van der Waals surface area contributed by atoms with Gasteiger partial charge in [0.25, 0.3) is 5.91 Å². The van der Waals surface area contributed by atoms with E-state index in [9.17, 15) is 48.4 Å². The molecule has 11 N–H and O–H groups in total. The lowest BCUT2D eigenvalue weighted by Crippen LogP contribution is -2.59. The molecule has 29 nitrogen and oxygen atoms in total. The Bertz CT molecular complexity index is 3140. The van der Waals surface area contributed by atoms with Gasteiger partial charge in [-0.15, -0.1) is 0 Å². The quantitative estimate of drug-likeness (QED) is 0.0157. The third kappa shape index (κ3) is 29.3. The number of piperidine rings is 1. The molecule has 2 heterocycles. The number of carbonyl (C=O) groups excluding carboxylic acids is 10. The average molecular weight is 1500 g/mol. The maximum Gasteiger partial charge on any atom is 0.431 e. The molecule has 3 fully saturated rings. The van der Waals surface area contributed by atoms with Crippen molar-refractivity contribution >= 4 is 65.1 Å². The molecule has 0 bridgehead atoms. The fourth-order valence-corrected chi connectivity index (χ4v) is 15.1. The Kier molecular flexibility index (Phi) is 38.5. The lowest BCUT2D eigenvalue weighted by Gasteiger charge is -2.41. The minimum atomic E-state index is -1.09. The van der Waals surface area contributed by atoms with E-state index in [-0.39, 0.29) is 99.7 Å². The molecule has 3 aliphatic rings. The standard InChI is InChI=1S/C78H128N14O15/c1-16-52(8)70(90(13)76(100)68(50(4)5)85-75(99)69(51(6)7)88(10)11)63(104-14)44-66(95)92-46-60(43-62(92)71(105-15)53(9)72(96)82-58(35-36-64(93)86-103)42-54-26-21-20-22-27-54)107-87-78(102)106-48-56-31-33-57(34-32-56)81-73(97)61(30-25-39-80-77(79)101)83-74(98)67(49(2)3)84-65(94)47-89(12)45-55-37-40-91(41-38-55)59-28-23-18-17-19-24-29-59/h20-22,26-27,31-36,49-53,55,58-63,67-71,103H,16-19,23-25,28-30,37-48H2,1-15H3,(H,81,97)(H,82,96)(H,83,98)(H,84,94)(H,85,99)(H,86,93)(H,87,102)(H3,79,80,101)/b36-35+/t52-,53+,58+,60+,61+,62-,63+,67+,68-,69-,70-,71+/m0/s1. The van der Waals surface area contributed by atoms with E-state index in [0.717, 1.165) is 44.1 Å². The maximum atomic E-state index is 15.2. The van der Waals surface area contributed by atoms with Gasteiger partial charge in [-0.2, -0.15) is 5.48 Å². The first-order valence-corrected chi connectivity index (χ1v) is 38.5. The Morgan fingerprint density at radius 3 is 1.94 bits per heavy atom. The zero-order valence-electron chi connectivity index (χ0n) is 66.2. The van der Waals surface area contributed by atoms with Crippen molar-refractivity contribution in [2.24, 2.45) is 41.2 Å². The van der Waals surface area contributed by atoms with Crippen LogP contribution in [-0.4, -0.2) is 237 Å². The second-order valence-electron chi connectivity index (χ2n) is 30.7. The molecular weight excluding hydrogens is 1370 g/mol. The first-order chi connectivity index (χ1) is 50.9. The summed E-state index contributed by atoms with van der Waals surface area (Å²) in [7, 11) is 10.1. The molecule has 5 rings (SSSR count). The van der Waals surface area contributed by atoms with E-state index in [4.69, 9.17) is 24.8 Å². The minimum Gasteiger partial charge on any atom is -0.443 e. The van der Waals surface area contributed by atoms with Gasteiger partial charge in [0.15, 0.2) is 0 Å². The highest BCUT2D eigenvalue weighted by Crippen LogP contribution is 2.32. The van der Waals surface area contributed by atoms with Crippen molar-refractivity contribution in [1.82, 2.24) is 62.0 Å². The molecule has 0 radical (unpaired) electrons. The summed E-state index contributed by atoms with van der Waals surface area (Å²) in [5, 5.41) is 26.4. The van der Waals surface area contributed by atoms with Crippen LogP contribution in [0.25, 0.3) is 0 Å². The predicted octanol–water partition coefficient (Wildman–Crippen LogP) is 6.03. The molecular formula is C78H128N14O15. The smallest absolute Gasteiger partial charge is 0.431 e. The first-order valence-electron chi connectivity index (χ1n) is 38.5. The summed E-state index contributed by atoms with van der Waals surface area (Å²) in [5.41, 5.74) is 11.0. The van der Waals surface area contributed by atoms with Gasteiger partial charge in [-0.05, 0) is 132 Å². The number of nitrogens with two attached hydrogens (primary N) is 1. The number of urea groups is 1. The number of hydroxylamine groups is 2. The summed E-state index contributed by atoms with van der Waals surface area (Å²) >= 11 is 0. The van der Waals surface area contributed by atoms with E-state index in [1.807, 2.05) is 117 Å². The van der Waals surface area contributed by atoms with Gasteiger partial charge < -0.3 is 66.5 Å². The zero-order chi connectivity index (χ0) is 79.0. The van der Waals surface area contributed by atoms with Crippen LogP contribution in [0.1, 0.15) is 163 Å². The van der Waals surface area contributed by atoms with Crippen molar-refractivity contribution in [2.75, 3.05) is 87.0 Å². The largest absolute Gasteiger partial charge is 0.443 e. The van der Waals surface area contributed by atoms with Crippen LogP contribution >= 0.6 is 0 Å². The highest BCUT2D eigenvalue weighted by atomic mass is 16.7. The number of nitrogens with one attached hydrogen (secondary N) is 8. The number of ether oxygens (including phenoxy) is 3. The number of amides is 11. The van der Waals surface area contributed by atoms with Gasteiger partial charge in [-0.1, -0.05) is 149 Å². The first kappa shape index (κ1) is 89.8. The molecule has 29 heteroatoms.